The third-order valence-electron chi connectivity index (χ3n) is 10.7. The molecule has 0 saturated heterocycles. The van der Waals surface area contributed by atoms with Crippen molar-refractivity contribution in [1.29, 1.82) is 0 Å². The highest BCUT2D eigenvalue weighted by Gasteiger charge is 2.65. The molecule has 32 heavy (non-hydrogen) atoms. The summed E-state index contributed by atoms with van der Waals surface area (Å²) >= 11 is 0. The second kappa shape index (κ2) is 8.69. The minimum atomic E-state index is -0.754. The van der Waals surface area contributed by atoms with Crippen LogP contribution < -0.4 is 5.32 Å². The van der Waals surface area contributed by atoms with Crippen LogP contribution in [0.4, 0.5) is 0 Å². The summed E-state index contributed by atoms with van der Waals surface area (Å²) in [6.45, 7) is 11.1. The van der Waals surface area contributed by atoms with Gasteiger partial charge < -0.3 is 15.5 Å². The Labute approximate surface area is 194 Å². The quantitative estimate of drug-likeness (QED) is 0.551. The molecule has 0 radical (unpaired) electrons. The van der Waals surface area contributed by atoms with Crippen molar-refractivity contribution in [2.45, 2.75) is 111 Å². The Morgan fingerprint density at radius 1 is 1.12 bits per heavy atom. The molecule has 5 nitrogen and oxygen atoms in total. The number of carboxylic acids is 1. The van der Waals surface area contributed by atoms with Crippen LogP contribution >= 0.6 is 0 Å². The number of ketones is 1. The molecule has 0 aromatic carbocycles. The molecule has 4 aliphatic carbocycles. The van der Waals surface area contributed by atoms with E-state index in [0.717, 1.165) is 38.5 Å². The van der Waals surface area contributed by atoms with Crippen LogP contribution in [-0.2, 0) is 9.59 Å². The molecule has 5 heteroatoms. The van der Waals surface area contributed by atoms with Gasteiger partial charge in [-0.05, 0) is 85.9 Å². The monoisotopic (exact) mass is 447 g/mol. The molecule has 0 bridgehead atoms. The maximum Gasteiger partial charge on any atom is 0.303 e. The molecule has 0 amide bonds. The van der Waals surface area contributed by atoms with E-state index in [1.165, 1.54) is 0 Å². The van der Waals surface area contributed by atoms with Crippen molar-refractivity contribution in [1.82, 2.24) is 5.32 Å². The van der Waals surface area contributed by atoms with Gasteiger partial charge in [-0.2, -0.15) is 0 Å². The maximum absolute atomic E-state index is 13.8. The first-order chi connectivity index (χ1) is 15.0. The van der Waals surface area contributed by atoms with Crippen LogP contribution in [0.2, 0.25) is 0 Å². The molecule has 4 saturated carbocycles. The normalized spacial score (nSPS) is 47.0. The summed E-state index contributed by atoms with van der Waals surface area (Å²) in [5.41, 5.74) is -0.261. The molecule has 0 aromatic heterocycles. The van der Waals surface area contributed by atoms with Crippen LogP contribution in [0.5, 0.6) is 0 Å². The largest absolute Gasteiger partial charge is 0.481 e. The van der Waals surface area contributed by atoms with E-state index in [9.17, 15) is 14.7 Å². The number of fused-ring (bicyclic) bond motifs is 5. The average Bonchev–Trinajstić information content (AvgIpc) is 3.06. The number of aliphatic hydroxyl groups excluding tert-OH is 1. The van der Waals surface area contributed by atoms with E-state index in [0.29, 0.717) is 36.6 Å². The Morgan fingerprint density at radius 3 is 2.50 bits per heavy atom. The molecular formula is C27H45NO4. The summed E-state index contributed by atoms with van der Waals surface area (Å²) in [5, 5.41) is 24.3. The van der Waals surface area contributed by atoms with Gasteiger partial charge in [-0.1, -0.05) is 34.6 Å². The van der Waals surface area contributed by atoms with E-state index in [1.807, 2.05) is 0 Å². The van der Waals surface area contributed by atoms with Crippen LogP contribution in [0.25, 0.3) is 0 Å². The molecule has 3 N–H and O–H groups in total. The minimum absolute atomic E-state index is 0.142. The second-order valence-corrected chi connectivity index (χ2v) is 12.6. The number of carbonyl (C=O) groups excluding carboxylic acids is 1. The van der Waals surface area contributed by atoms with Gasteiger partial charge in [0.2, 0.25) is 0 Å². The number of Topliss-reactive ketones (excluding diaryl/α,β-unsaturated/α-hetero) is 1. The van der Waals surface area contributed by atoms with Gasteiger partial charge in [0.1, 0.15) is 5.78 Å². The molecule has 10 atom stereocenters. The highest BCUT2D eigenvalue weighted by atomic mass is 16.4. The van der Waals surface area contributed by atoms with Gasteiger partial charge in [-0.25, -0.2) is 0 Å². The van der Waals surface area contributed by atoms with E-state index in [1.54, 1.807) is 0 Å². The van der Waals surface area contributed by atoms with Gasteiger partial charge in [0.25, 0.3) is 0 Å². The number of rotatable bonds is 6. The Morgan fingerprint density at radius 2 is 1.84 bits per heavy atom. The molecular weight excluding hydrogens is 402 g/mol. The summed E-state index contributed by atoms with van der Waals surface area (Å²) < 4.78 is 0. The van der Waals surface area contributed by atoms with Crippen molar-refractivity contribution >= 4 is 11.8 Å². The second-order valence-electron chi connectivity index (χ2n) is 12.6. The Kier molecular flexibility index (Phi) is 6.57. The summed E-state index contributed by atoms with van der Waals surface area (Å²) in [6, 6.07) is 0.994. The number of nitrogens with one attached hydrogen (secondary N) is 1. The first-order valence-electron chi connectivity index (χ1n) is 13.2. The van der Waals surface area contributed by atoms with Gasteiger partial charge in [-0.3, -0.25) is 9.59 Å². The molecule has 4 aliphatic rings. The van der Waals surface area contributed by atoms with Crippen molar-refractivity contribution in [3.8, 4) is 0 Å². The molecule has 0 heterocycles. The van der Waals surface area contributed by atoms with E-state index in [-0.39, 0.29) is 47.5 Å². The summed E-state index contributed by atoms with van der Waals surface area (Å²) in [7, 11) is 0. The molecule has 0 aliphatic heterocycles. The molecule has 4 rings (SSSR count). The summed E-state index contributed by atoms with van der Waals surface area (Å²) in [6.07, 6.45) is 7.37. The molecule has 4 fully saturated rings. The van der Waals surface area contributed by atoms with Gasteiger partial charge in [0.15, 0.2) is 0 Å². The van der Waals surface area contributed by atoms with Gasteiger partial charge in [0.05, 0.1) is 6.10 Å². The zero-order valence-corrected chi connectivity index (χ0v) is 20.8. The highest BCUT2D eigenvalue weighted by Crippen LogP contribution is 2.67. The fraction of sp³-hybridized carbons (Fsp3) is 0.926. The van der Waals surface area contributed by atoms with E-state index in [4.69, 9.17) is 5.11 Å². The lowest BCUT2D eigenvalue weighted by molar-refractivity contribution is -0.177. The van der Waals surface area contributed by atoms with Crippen LogP contribution in [0.1, 0.15) is 92.4 Å². The van der Waals surface area contributed by atoms with E-state index in [2.05, 4.69) is 39.9 Å². The number of aliphatic carboxylic acids is 1. The first kappa shape index (κ1) is 24.2. The molecule has 2 unspecified atom stereocenters. The van der Waals surface area contributed by atoms with Crippen LogP contribution in [0.15, 0.2) is 0 Å². The van der Waals surface area contributed by atoms with Crippen LogP contribution in [-0.4, -0.2) is 40.2 Å². The number of aliphatic hydroxyl groups is 1. The van der Waals surface area contributed by atoms with Crippen LogP contribution in [0.3, 0.4) is 0 Å². The molecule has 182 valence electrons. The predicted molar refractivity (Wildman–Crippen MR) is 125 cm³/mol. The number of carbonyl (C=O) groups is 2. The van der Waals surface area contributed by atoms with Crippen molar-refractivity contribution < 1.29 is 19.8 Å². The zero-order valence-electron chi connectivity index (χ0n) is 20.8. The number of hydrogen-bond acceptors (Lipinski definition) is 4. The van der Waals surface area contributed by atoms with Crippen molar-refractivity contribution in [2.75, 3.05) is 0 Å². The lowest BCUT2D eigenvalue weighted by Gasteiger charge is -2.62. The molecule has 0 spiro atoms. The third kappa shape index (κ3) is 3.85. The van der Waals surface area contributed by atoms with E-state index < -0.39 is 11.4 Å². The standard InChI is InChI=1S/C27H45NO4/c1-15(2)28-18-10-11-26(4)17(12-18)13-22(29)25-20-8-7-19(16(3)6-9-24(31)32)27(20,5)23(30)14-21(25)26/h15-22,25,28-29H,6-14H2,1-5H3,(H,31,32)/t16-,17+,18?,19-,20+,21+,22?,25+,26+,27-/m1/s1. The van der Waals surface area contributed by atoms with Crippen molar-refractivity contribution in [3.05, 3.63) is 0 Å². The number of carboxylic acid groups (broad SMARTS) is 1. The maximum atomic E-state index is 13.8. The third-order valence-corrected chi connectivity index (χ3v) is 10.7. The van der Waals surface area contributed by atoms with Crippen molar-refractivity contribution in [2.24, 2.45) is 46.3 Å². The minimum Gasteiger partial charge on any atom is -0.481 e. The SMILES string of the molecule is CC(C)NC1CC[C@@]2(C)[C@@H](C1)CC(O)[C@@H]1[C@@H]2CC(=O)[C@]2(C)[C@@H]([C@H](C)CCC(=O)O)CC[C@@H]12. The Bertz CT molecular complexity index is 737. The first-order valence-corrected chi connectivity index (χ1v) is 13.2. The smallest absolute Gasteiger partial charge is 0.303 e. The summed E-state index contributed by atoms with van der Waals surface area (Å²) in [5.74, 6) is 1.33. The fourth-order valence-electron chi connectivity index (χ4n) is 9.06. The predicted octanol–water partition coefficient (Wildman–Crippen LogP) is 4.66. The van der Waals surface area contributed by atoms with Gasteiger partial charge in [-0.15, -0.1) is 0 Å². The Hall–Kier alpha value is -0.940. The van der Waals surface area contributed by atoms with Gasteiger partial charge >= 0.3 is 5.97 Å². The number of hydrogen-bond donors (Lipinski definition) is 3. The van der Waals surface area contributed by atoms with Gasteiger partial charge in [0, 0.05) is 30.3 Å². The highest BCUT2D eigenvalue weighted by molar-refractivity contribution is 5.87. The molecule has 0 aromatic rings. The lowest BCUT2D eigenvalue weighted by Crippen LogP contribution is -2.62. The fourth-order valence-corrected chi connectivity index (χ4v) is 9.06. The Balaban J connectivity index is 1.56. The lowest BCUT2D eigenvalue weighted by atomic mass is 9.43. The van der Waals surface area contributed by atoms with Crippen LogP contribution in [0, 0.1) is 46.3 Å². The average molecular weight is 448 g/mol. The topological polar surface area (TPSA) is 86.6 Å². The summed E-state index contributed by atoms with van der Waals surface area (Å²) in [4.78, 5) is 25.0. The zero-order chi connectivity index (χ0) is 23.4. The van der Waals surface area contributed by atoms with Crippen molar-refractivity contribution in [3.63, 3.8) is 0 Å². The van der Waals surface area contributed by atoms with E-state index >= 15 is 0 Å².